The Morgan fingerprint density at radius 2 is 1.80 bits per heavy atom. The van der Waals surface area contributed by atoms with Crippen molar-refractivity contribution >= 4 is 11.7 Å². The average molecular weight is 419 g/mol. The van der Waals surface area contributed by atoms with Crippen molar-refractivity contribution in [3.05, 3.63) is 24.3 Å². The molecule has 2 saturated heterocycles. The fourth-order valence-corrected chi connectivity index (χ4v) is 4.31. The van der Waals surface area contributed by atoms with Crippen molar-refractivity contribution in [3.8, 4) is 5.75 Å². The molecule has 0 radical (unpaired) electrons. The van der Waals surface area contributed by atoms with Crippen molar-refractivity contribution in [3.63, 3.8) is 0 Å². The molecule has 0 unspecified atom stereocenters. The van der Waals surface area contributed by atoms with Crippen molar-refractivity contribution in [2.75, 3.05) is 70.5 Å². The number of anilines is 1. The molecule has 0 aliphatic carbocycles. The van der Waals surface area contributed by atoms with Crippen LogP contribution in [0.5, 0.6) is 5.75 Å². The number of morpholine rings is 1. The van der Waals surface area contributed by atoms with E-state index in [0.29, 0.717) is 25.1 Å². The zero-order valence-corrected chi connectivity index (χ0v) is 18.8. The largest absolute Gasteiger partial charge is 0.492 e. The molecule has 0 aromatic heterocycles. The second-order valence-corrected chi connectivity index (χ2v) is 8.49. The molecule has 0 saturated carbocycles. The number of rotatable bonds is 8. The Labute approximate surface area is 181 Å². The van der Waals surface area contributed by atoms with Gasteiger partial charge in [0.15, 0.2) is 0 Å². The topological polar surface area (TPSA) is 57.3 Å². The van der Waals surface area contributed by atoms with Crippen LogP contribution in [-0.2, 0) is 4.74 Å². The lowest BCUT2D eigenvalue weighted by molar-refractivity contribution is 0.0127. The number of hydrogen-bond donors (Lipinski definition) is 1. The molecule has 0 bridgehead atoms. The number of carbonyl (C=O) groups is 1. The minimum Gasteiger partial charge on any atom is -0.492 e. The molecule has 2 amide bonds. The van der Waals surface area contributed by atoms with E-state index in [0.717, 1.165) is 70.3 Å². The number of piperazine rings is 1. The van der Waals surface area contributed by atoms with Crippen LogP contribution in [-0.4, -0.2) is 87.5 Å². The molecule has 1 atom stereocenters. The number of hydrogen-bond acceptors (Lipinski definition) is 5. The van der Waals surface area contributed by atoms with Gasteiger partial charge in [0.05, 0.1) is 25.5 Å². The van der Waals surface area contributed by atoms with E-state index in [9.17, 15) is 4.79 Å². The van der Waals surface area contributed by atoms with Gasteiger partial charge in [0.1, 0.15) is 5.75 Å². The Hall–Kier alpha value is -1.99. The second-order valence-electron chi connectivity index (χ2n) is 8.49. The summed E-state index contributed by atoms with van der Waals surface area (Å²) in [6.07, 6.45) is 1.09. The monoisotopic (exact) mass is 418 g/mol. The van der Waals surface area contributed by atoms with Crippen LogP contribution in [0.15, 0.2) is 24.3 Å². The van der Waals surface area contributed by atoms with Gasteiger partial charge in [0.2, 0.25) is 0 Å². The van der Waals surface area contributed by atoms with Gasteiger partial charge in [0, 0.05) is 51.9 Å². The maximum Gasteiger partial charge on any atom is 0.317 e. The van der Waals surface area contributed by atoms with Crippen molar-refractivity contribution < 1.29 is 14.3 Å². The highest BCUT2D eigenvalue weighted by atomic mass is 16.5. The molecule has 1 aromatic rings. The van der Waals surface area contributed by atoms with E-state index in [4.69, 9.17) is 9.47 Å². The first kappa shape index (κ1) is 22.7. The minimum absolute atomic E-state index is 0.0507. The zero-order chi connectivity index (χ0) is 21.3. The molecule has 7 heteroatoms. The molecular formula is C23H38N4O3. The molecule has 3 rings (SSSR count). The highest BCUT2D eigenvalue weighted by Crippen LogP contribution is 2.28. The van der Waals surface area contributed by atoms with Crippen LogP contribution in [0.3, 0.4) is 0 Å². The lowest BCUT2D eigenvalue weighted by Gasteiger charge is -2.38. The number of nitrogens with one attached hydrogen (secondary N) is 1. The van der Waals surface area contributed by atoms with Crippen molar-refractivity contribution in [2.45, 2.75) is 33.2 Å². The van der Waals surface area contributed by atoms with Crippen LogP contribution >= 0.6 is 0 Å². The van der Waals surface area contributed by atoms with Gasteiger partial charge in [-0.1, -0.05) is 26.0 Å². The fourth-order valence-electron chi connectivity index (χ4n) is 4.31. The number of para-hydroxylation sites is 2. The number of benzene rings is 1. The van der Waals surface area contributed by atoms with Crippen LogP contribution in [0.1, 0.15) is 27.2 Å². The zero-order valence-electron chi connectivity index (χ0n) is 18.8. The lowest BCUT2D eigenvalue weighted by atomic mass is 10.0. The van der Waals surface area contributed by atoms with Gasteiger partial charge in [0.25, 0.3) is 0 Å². The van der Waals surface area contributed by atoms with Crippen LogP contribution in [0.4, 0.5) is 10.5 Å². The van der Waals surface area contributed by atoms with Crippen LogP contribution in [0.25, 0.3) is 0 Å². The van der Waals surface area contributed by atoms with E-state index in [1.165, 1.54) is 0 Å². The van der Waals surface area contributed by atoms with Crippen LogP contribution in [0.2, 0.25) is 0 Å². The quantitative estimate of drug-likeness (QED) is 0.703. The summed E-state index contributed by atoms with van der Waals surface area (Å²) >= 11 is 0. The molecule has 7 nitrogen and oxygen atoms in total. The average Bonchev–Trinajstić information content (AvgIpc) is 2.77. The molecule has 168 valence electrons. The SMILES string of the molecule is CCOc1ccccc1N1CCN(C(=O)NC[C@@H](CC(C)C)N2CCOCC2)CC1. The summed E-state index contributed by atoms with van der Waals surface area (Å²) in [5, 5.41) is 3.20. The molecule has 0 spiro atoms. The van der Waals surface area contributed by atoms with Crippen molar-refractivity contribution in [1.29, 1.82) is 0 Å². The van der Waals surface area contributed by atoms with Crippen LogP contribution < -0.4 is 15.0 Å². The first-order valence-corrected chi connectivity index (χ1v) is 11.4. The van der Waals surface area contributed by atoms with Gasteiger partial charge in [-0.15, -0.1) is 0 Å². The van der Waals surface area contributed by atoms with E-state index in [2.05, 4.69) is 35.0 Å². The molecule has 30 heavy (non-hydrogen) atoms. The predicted octanol–water partition coefficient (Wildman–Crippen LogP) is 2.66. The second kappa shape index (κ2) is 11.4. The van der Waals surface area contributed by atoms with Gasteiger partial charge in [-0.25, -0.2) is 4.79 Å². The van der Waals surface area contributed by atoms with E-state index in [1.807, 2.05) is 30.0 Å². The Balaban J connectivity index is 1.49. The standard InChI is InChI=1S/C23H38N4O3/c1-4-30-22-8-6-5-7-21(22)26-9-11-27(12-10-26)23(28)24-18-20(17-19(2)3)25-13-15-29-16-14-25/h5-8,19-20H,4,9-18H2,1-3H3,(H,24,28)/t20-/m1/s1. The molecule has 1 aromatic carbocycles. The maximum atomic E-state index is 12.8. The Kier molecular flexibility index (Phi) is 8.63. The molecular weight excluding hydrogens is 380 g/mol. The third-order valence-corrected chi connectivity index (χ3v) is 5.87. The first-order chi connectivity index (χ1) is 14.6. The fraction of sp³-hybridized carbons (Fsp3) is 0.696. The van der Waals surface area contributed by atoms with E-state index >= 15 is 0 Å². The molecule has 2 heterocycles. The number of ether oxygens (including phenoxy) is 2. The van der Waals surface area contributed by atoms with Gasteiger partial charge in [-0.3, -0.25) is 4.90 Å². The molecule has 2 aliphatic rings. The normalized spacial score (nSPS) is 19.1. The Bertz CT molecular complexity index is 656. The summed E-state index contributed by atoms with van der Waals surface area (Å²) < 4.78 is 11.3. The first-order valence-electron chi connectivity index (χ1n) is 11.4. The molecule has 1 N–H and O–H groups in total. The third-order valence-electron chi connectivity index (χ3n) is 5.87. The summed E-state index contributed by atoms with van der Waals surface area (Å²) in [5.74, 6) is 1.52. The third kappa shape index (κ3) is 6.25. The van der Waals surface area contributed by atoms with Gasteiger partial charge in [-0.05, 0) is 31.4 Å². The van der Waals surface area contributed by atoms with Gasteiger partial charge in [-0.2, -0.15) is 0 Å². The smallest absolute Gasteiger partial charge is 0.317 e. The summed E-state index contributed by atoms with van der Waals surface area (Å²) in [5.41, 5.74) is 1.11. The van der Waals surface area contributed by atoms with E-state index < -0.39 is 0 Å². The predicted molar refractivity (Wildman–Crippen MR) is 120 cm³/mol. The van der Waals surface area contributed by atoms with Crippen molar-refractivity contribution in [1.82, 2.24) is 15.1 Å². The molecule has 2 aliphatic heterocycles. The van der Waals surface area contributed by atoms with E-state index in [1.54, 1.807) is 0 Å². The highest BCUT2D eigenvalue weighted by Gasteiger charge is 2.26. The number of nitrogens with zero attached hydrogens (tertiary/aromatic N) is 3. The summed E-state index contributed by atoms with van der Waals surface area (Å²) in [4.78, 5) is 19.5. The summed E-state index contributed by atoms with van der Waals surface area (Å²) in [7, 11) is 0. The number of amides is 2. The summed E-state index contributed by atoms with van der Waals surface area (Å²) in [6, 6.07) is 8.57. The Morgan fingerprint density at radius 3 is 2.47 bits per heavy atom. The maximum absolute atomic E-state index is 12.8. The van der Waals surface area contributed by atoms with Gasteiger partial charge >= 0.3 is 6.03 Å². The lowest BCUT2D eigenvalue weighted by Crippen LogP contribution is -2.55. The number of urea groups is 1. The minimum atomic E-state index is 0.0507. The highest BCUT2D eigenvalue weighted by molar-refractivity contribution is 5.74. The van der Waals surface area contributed by atoms with Crippen LogP contribution in [0, 0.1) is 5.92 Å². The van der Waals surface area contributed by atoms with Gasteiger partial charge < -0.3 is 24.6 Å². The molecule has 2 fully saturated rings. The Morgan fingerprint density at radius 1 is 1.10 bits per heavy atom. The summed E-state index contributed by atoms with van der Waals surface area (Å²) in [6.45, 7) is 14.4. The van der Waals surface area contributed by atoms with Crippen molar-refractivity contribution in [2.24, 2.45) is 5.92 Å². The number of carbonyl (C=O) groups excluding carboxylic acids is 1. The van der Waals surface area contributed by atoms with E-state index in [-0.39, 0.29) is 6.03 Å².